The third-order valence-electron chi connectivity index (χ3n) is 5.86. The van der Waals surface area contributed by atoms with Crippen molar-refractivity contribution < 1.29 is 4.79 Å². The van der Waals surface area contributed by atoms with Crippen LogP contribution >= 0.6 is 11.6 Å². The molecule has 0 saturated carbocycles. The Balaban J connectivity index is 1.43. The number of nitrogens with one attached hydrogen (secondary N) is 1. The van der Waals surface area contributed by atoms with Gasteiger partial charge in [-0.05, 0) is 48.0 Å². The number of pyridine rings is 1. The number of benzene rings is 2. The first kappa shape index (κ1) is 20.3. The van der Waals surface area contributed by atoms with E-state index in [1.807, 2.05) is 65.6 Å². The highest BCUT2D eigenvalue weighted by Gasteiger charge is 2.26. The summed E-state index contributed by atoms with van der Waals surface area (Å²) in [5.74, 6) is 0.0426. The number of amides is 1. The summed E-state index contributed by atoms with van der Waals surface area (Å²) < 4.78 is 0. The minimum atomic E-state index is 0.0426. The van der Waals surface area contributed by atoms with Gasteiger partial charge in [0.05, 0.1) is 11.3 Å². The number of hydrogen-bond donors (Lipinski definition) is 1. The molecule has 1 aliphatic heterocycles. The Morgan fingerprint density at radius 1 is 0.844 bits per heavy atom. The fourth-order valence-corrected chi connectivity index (χ4v) is 4.26. The topological polar surface area (TPSA) is 52.2 Å². The monoisotopic (exact) mass is 442 g/mol. The number of aromatic amines is 1. The lowest BCUT2D eigenvalue weighted by Gasteiger charge is -2.36. The molecule has 1 fully saturated rings. The molecule has 3 heterocycles. The van der Waals surface area contributed by atoms with Crippen LogP contribution < -0.4 is 4.90 Å². The van der Waals surface area contributed by atoms with E-state index < -0.39 is 0 Å². The summed E-state index contributed by atoms with van der Waals surface area (Å²) in [5, 5.41) is 0.683. The molecule has 0 spiro atoms. The Kier molecular flexibility index (Phi) is 5.65. The molecule has 2 aromatic carbocycles. The molecule has 1 amide bonds. The van der Waals surface area contributed by atoms with Gasteiger partial charge >= 0.3 is 0 Å². The first-order chi connectivity index (χ1) is 15.7. The smallest absolute Gasteiger partial charge is 0.256 e. The molecule has 160 valence electrons. The number of H-pyrrole nitrogens is 1. The van der Waals surface area contributed by atoms with Gasteiger partial charge in [0, 0.05) is 60.5 Å². The van der Waals surface area contributed by atoms with Crippen molar-refractivity contribution in [1.29, 1.82) is 0 Å². The third-order valence-corrected chi connectivity index (χ3v) is 6.11. The molecule has 2 aromatic heterocycles. The second-order valence-electron chi connectivity index (χ2n) is 7.83. The van der Waals surface area contributed by atoms with Crippen molar-refractivity contribution in [2.45, 2.75) is 0 Å². The summed E-state index contributed by atoms with van der Waals surface area (Å²) in [4.78, 5) is 25.4. The summed E-state index contributed by atoms with van der Waals surface area (Å²) >= 11 is 6.06. The maximum Gasteiger partial charge on any atom is 0.256 e. The van der Waals surface area contributed by atoms with Crippen molar-refractivity contribution >= 4 is 23.2 Å². The largest absolute Gasteiger partial charge is 0.368 e. The van der Waals surface area contributed by atoms with E-state index in [0.717, 1.165) is 35.6 Å². The van der Waals surface area contributed by atoms with Gasteiger partial charge in [-0.1, -0.05) is 41.9 Å². The van der Waals surface area contributed by atoms with Gasteiger partial charge in [0.2, 0.25) is 0 Å². The zero-order valence-corrected chi connectivity index (χ0v) is 18.3. The first-order valence-electron chi connectivity index (χ1n) is 10.7. The molecule has 1 saturated heterocycles. The van der Waals surface area contributed by atoms with Crippen molar-refractivity contribution in [2.75, 3.05) is 31.1 Å². The Hall–Kier alpha value is -3.57. The van der Waals surface area contributed by atoms with Crippen molar-refractivity contribution in [1.82, 2.24) is 14.9 Å². The Morgan fingerprint density at radius 2 is 1.53 bits per heavy atom. The second-order valence-corrected chi connectivity index (χ2v) is 8.27. The lowest BCUT2D eigenvalue weighted by Crippen LogP contribution is -2.48. The number of carbonyl (C=O) groups is 1. The number of hydrogen-bond acceptors (Lipinski definition) is 3. The van der Waals surface area contributed by atoms with Gasteiger partial charge in [-0.3, -0.25) is 9.78 Å². The van der Waals surface area contributed by atoms with Crippen molar-refractivity contribution in [2.24, 2.45) is 0 Å². The van der Waals surface area contributed by atoms with Crippen LogP contribution in [-0.2, 0) is 0 Å². The molecule has 0 bridgehead atoms. The molecule has 6 heteroatoms. The number of carbonyl (C=O) groups excluding carboxylic acids is 1. The van der Waals surface area contributed by atoms with E-state index in [2.05, 4.69) is 27.0 Å². The molecular weight excluding hydrogens is 420 g/mol. The van der Waals surface area contributed by atoms with Crippen LogP contribution in [0.15, 0.2) is 85.2 Å². The van der Waals surface area contributed by atoms with E-state index in [9.17, 15) is 4.79 Å². The fourth-order valence-electron chi connectivity index (χ4n) is 4.13. The van der Waals surface area contributed by atoms with Gasteiger partial charge in [0.1, 0.15) is 0 Å². The molecule has 0 aliphatic carbocycles. The normalized spacial score (nSPS) is 13.9. The number of aromatic nitrogens is 2. The molecule has 5 nitrogen and oxygen atoms in total. The number of rotatable bonds is 4. The Morgan fingerprint density at radius 3 is 2.22 bits per heavy atom. The number of nitrogens with zero attached hydrogens (tertiary/aromatic N) is 3. The fraction of sp³-hybridized carbons (Fsp3) is 0.154. The van der Waals surface area contributed by atoms with Gasteiger partial charge in [-0.15, -0.1) is 0 Å². The molecule has 5 rings (SSSR count). The van der Waals surface area contributed by atoms with Gasteiger partial charge < -0.3 is 14.8 Å². The molecule has 0 atom stereocenters. The zero-order valence-electron chi connectivity index (χ0n) is 17.5. The van der Waals surface area contributed by atoms with Crippen LogP contribution in [0, 0.1) is 0 Å². The van der Waals surface area contributed by atoms with Crippen LogP contribution in [0.4, 0.5) is 5.69 Å². The van der Waals surface area contributed by atoms with Crippen LogP contribution in [0.25, 0.3) is 22.5 Å². The van der Waals surface area contributed by atoms with Crippen molar-refractivity contribution in [3.63, 3.8) is 0 Å². The van der Waals surface area contributed by atoms with Gasteiger partial charge in [-0.2, -0.15) is 0 Å². The molecule has 0 unspecified atom stereocenters. The minimum Gasteiger partial charge on any atom is -0.368 e. The van der Waals surface area contributed by atoms with E-state index in [0.29, 0.717) is 23.7 Å². The highest BCUT2D eigenvalue weighted by Crippen LogP contribution is 2.31. The maximum atomic E-state index is 13.6. The van der Waals surface area contributed by atoms with Gasteiger partial charge in [0.15, 0.2) is 0 Å². The van der Waals surface area contributed by atoms with E-state index >= 15 is 0 Å². The number of halogens is 1. The van der Waals surface area contributed by atoms with Crippen LogP contribution in [0.2, 0.25) is 5.02 Å². The quantitative estimate of drug-likeness (QED) is 0.463. The predicted octanol–water partition coefficient (Wildman–Crippen LogP) is 5.36. The summed E-state index contributed by atoms with van der Waals surface area (Å²) in [7, 11) is 0. The lowest BCUT2D eigenvalue weighted by molar-refractivity contribution is 0.0748. The van der Waals surface area contributed by atoms with E-state index in [-0.39, 0.29) is 5.91 Å². The molecule has 1 N–H and O–H groups in total. The lowest BCUT2D eigenvalue weighted by atomic mass is 10.1. The number of anilines is 1. The zero-order chi connectivity index (χ0) is 21.9. The van der Waals surface area contributed by atoms with Crippen molar-refractivity contribution in [3.8, 4) is 22.5 Å². The van der Waals surface area contributed by atoms with Crippen LogP contribution in [-0.4, -0.2) is 47.0 Å². The SMILES string of the molecule is O=C(c1cc(-c2ccc(Cl)cc2)[nH]c1-c1ccncc1)N1CCN(c2ccccc2)CC1. The van der Waals surface area contributed by atoms with E-state index in [1.54, 1.807) is 12.4 Å². The van der Waals surface area contributed by atoms with Gasteiger partial charge in [0.25, 0.3) is 5.91 Å². The highest BCUT2D eigenvalue weighted by atomic mass is 35.5. The number of para-hydroxylation sites is 1. The van der Waals surface area contributed by atoms with Gasteiger partial charge in [-0.25, -0.2) is 0 Å². The standard InChI is InChI=1S/C26H23ClN4O/c27-21-8-6-19(7-9-21)24-18-23(25(29-24)20-10-12-28-13-11-20)26(32)31-16-14-30(15-17-31)22-4-2-1-3-5-22/h1-13,18,29H,14-17H2. The summed E-state index contributed by atoms with van der Waals surface area (Å²) in [6, 6.07) is 23.8. The summed E-state index contributed by atoms with van der Waals surface area (Å²) in [6.07, 6.45) is 3.48. The summed E-state index contributed by atoms with van der Waals surface area (Å²) in [6.45, 7) is 3.00. The van der Waals surface area contributed by atoms with E-state index in [1.165, 1.54) is 5.69 Å². The highest BCUT2D eigenvalue weighted by molar-refractivity contribution is 6.30. The summed E-state index contributed by atoms with van der Waals surface area (Å²) in [5.41, 5.74) is 5.50. The van der Waals surface area contributed by atoms with Crippen LogP contribution in [0.1, 0.15) is 10.4 Å². The van der Waals surface area contributed by atoms with Crippen LogP contribution in [0.5, 0.6) is 0 Å². The van der Waals surface area contributed by atoms with Crippen LogP contribution in [0.3, 0.4) is 0 Å². The average molecular weight is 443 g/mol. The molecule has 1 aliphatic rings. The molecule has 0 radical (unpaired) electrons. The second kappa shape index (κ2) is 8.89. The van der Waals surface area contributed by atoms with E-state index in [4.69, 9.17) is 11.6 Å². The predicted molar refractivity (Wildman–Crippen MR) is 129 cm³/mol. The minimum absolute atomic E-state index is 0.0426. The third kappa shape index (κ3) is 4.12. The first-order valence-corrected chi connectivity index (χ1v) is 11.1. The number of piperazine rings is 1. The average Bonchev–Trinajstić information content (AvgIpc) is 3.31. The molecule has 32 heavy (non-hydrogen) atoms. The molecular formula is C26H23ClN4O. The molecule has 4 aromatic rings. The maximum absolute atomic E-state index is 13.6. The van der Waals surface area contributed by atoms with Crippen molar-refractivity contribution in [3.05, 3.63) is 95.8 Å². The Bertz CT molecular complexity index is 1200. The Labute approximate surface area is 192 Å².